The Morgan fingerprint density at radius 3 is 2.06 bits per heavy atom. The lowest BCUT2D eigenvalue weighted by molar-refractivity contribution is -0.137. The molecular formula is C28H36N2O5. The summed E-state index contributed by atoms with van der Waals surface area (Å²) in [6, 6.07) is 15.5. The van der Waals surface area contributed by atoms with Crippen molar-refractivity contribution < 1.29 is 24.2 Å². The number of carboxylic acids is 1. The van der Waals surface area contributed by atoms with E-state index in [4.69, 9.17) is 9.84 Å². The Labute approximate surface area is 207 Å². The Balaban J connectivity index is 1.52. The second-order valence-corrected chi connectivity index (χ2v) is 10.1. The number of nitrogens with one attached hydrogen (secondary N) is 2. The fraction of sp³-hybridized carbons (Fsp3) is 0.464. The van der Waals surface area contributed by atoms with Crippen LogP contribution in [0.4, 0.5) is 4.79 Å². The molecule has 0 aliphatic heterocycles. The molecule has 35 heavy (non-hydrogen) atoms. The van der Waals surface area contributed by atoms with E-state index in [1.807, 2.05) is 45.0 Å². The van der Waals surface area contributed by atoms with Crippen molar-refractivity contribution in [1.82, 2.24) is 10.6 Å². The molecular weight excluding hydrogens is 444 g/mol. The van der Waals surface area contributed by atoms with Crippen LogP contribution in [0.25, 0.3) is 11.1 Å². The van der Waals surface area contributed by atoms with Crippen LogP contribution in [0.2, 0.25) is 0 Å². The SMILES string of the molecule is CC(C)(C)[C@@H](NC(=O)OCC1c2ccccc2-c2ccccc21)C(=O)NCCCCCCC(=O)O. The first-order valence-electron chi connectivity index (χ1n) is 12.3. The molecule has 0 heterocycles. The molecule has 0 aromatic heterocycles. The maximum atomic E-state index is 12.8. The lowest BCUT2D eigenvalue weighted by Crippen LogP contribution is -2.53. The monoisotopic (exact) mass is 480 g/mol. The summed E-state index contributed by atoms with van der Waals surface area (Å²) in [4.78, 5) is 36.1. The van der Waals surface area contributed by atoms with Crippen molar-refractivity contribution >= 4 is 18.0 Å². The number of hydrogen-bond acceptors (Lipinski definition) is 4. The number of carbonyl (C=O) groups is 3. The van der Waals surface area contributed by atoms with Gasteiger partial charge in [-0.25, -0.2) is 4.79 Å². The van der Waals surface area contributed by atoms with Crippen molar-refractivity contribution in [2.75, 3.05) is 13.2 Å². The van der Waals surface area contributed by atoms with E-state index < -0.39 is 23.5 Å². The molecule has 0 saturated heterocycles. The normalized spacial score (nSPS) is 13.5. The number of alkyl carbamates (subject to hydrolysis) is 1. The van der Waals surface area contributed by atoms with Crippen LogP contribution in [0.5, 0.6) is 0 Å². The molecule has 0 saturated carbocycles. The Kier molecular flexibility index (Phi) is 8.90. The van der Waals surface area contributed by atoms with Crippen molar-refractivity contribution in [2.45, 2.75) is 64.8 Å². The van der Waals surface area contributed by atoms with E-state index in [9.17, 15) is 14.4 Å². The van der Waals surface area contributed by atoms with E-state index in [0.717, 1.165) is 41.5 Å². The van der Waals surface area contributed by atoms with E-state index in [0.29, 0.717) is 13.0 Å². The zero-order chi connectivity index (χ0) is 25.4. The number of benzene rings is 2. The molecule has 0 unspecified atom stereocenters. The van der Waals surface area contributed by atoms with Crippen molar-refractivity contribution in [3.8, 4) is 11.1 Å². The zero-order valence-electron chi connectivity index (χ0n) is 20.8. The summed E-state index contributed by atoms with van der Waals surface area (Å²) in [5.74, 6) is -1.08. The lowest BCUT2D eigenvalue weighted by Gasteiger charge is -2.30. The van der Waals surface area contributed by atoms with Crippen LogP contribution in [0.3, 0.4) is 0 Å². The van der Waals surface area contributed by atoms with Crippen molar-refractivity contribution in [3.05, 3.63) is 59.7 Å². The highest BCUT2D eigenvalue weighted by atomic mass is 16.5. The zero-order valence-corrected chi connectivity index (χ0v) is 20.8. The molecule has 2 amide bonds. The van der Waals surface area contributed by atoms with E-state index >= 15 is 0 Å². The molecule has 1 atom stereocenters. The molecule has 3 rings (SSSR count). The summed E-state index contributed by atoms with van der Waals surface area (Å²) in [7, 11) is 0. The number of unbranched alkanes of at least 4 members (excludes halogenated alkanes) is 3. The first-order chi connectivity index (χ1) is 16.7. The minimum absolute atomic E-state index is 0.0452. The van der Waals surface area contributed by atoms with Crippen LogP contribution in [0.1, 0.15) is 69.9 Å². The third kappa shape index (κ3) is 7.07. The van der Waals surface area contributed by atoms with Crippen LogP contribution < -0.4 is 10.6 Å². The minimum Gasteiger partial charge on any atom is -0.481 e. The number of carbonyl (C=O) groups excluding carboxylic acids is 2. The number of amides is 2. The van der Waals surface area contributed by atoms with E-state index in [1.165, 1.54) is 0 Å². The van der Waals surface area contributed by atoms with Gasteiger partial charge in [0.25, 0.3) is 0 Å². The van der Waals surface area contributed by atoms with Gasteiger partial charge in [0.2, 0.25) is 5.91 Å². The fourth-order valence-corrected chi connectivity index (χ4v) is 4.50. The van der Waals surface area contributed by atoms with Crippen molar-refractivity contribution in [3.63, 3.8) is 0 Å². The number of fused-ring (bicyclic) bond motifs is 3. The van der Waals surface area contributed by atoms with E-state index in [-0.39, 0.29) is 24.9 Å². The highest BCUT2D eigenvalue weighted by Crippen LogP contribution is 2.44. The third-order valence-electron chi connectivity index (χ3n) is 6.35. The molecule has 0 spiro atoms. The lowest BCUT2D eigenvalue weighted by atomic mass is 9.86. The predicted molar refractivity (Wildman–Crippen MR) is 135 cm³/mol. The summed E-state index contributed by atoms with van der Waals surface area (Å²) in [5, 5.41) is 14.3. The van der Waals surface area contributed by atoms with Gasteiger partial charge in [0.05, 0.1) is 0 Å². The van der Waals surface area contributed by atoms with Gasteiger partial charge < -0.3 is 20.5 Å². The smallest absolute Gasteiger partial charge is 0.407 e. The molecule has 2 aromatic carbocycles. The Hall–Kier alpha value is -3.35. The largest absolute Gasteiger partial charge is 0.481 e. The van der Waals surface area contributed by atoms with Gasteiger partial charge in [-0.3, -0.25) is 9.59 Å². The molecule has 0 fully saturated rings. The summed E-state index contributed by atoms with van der Waals surface area (Å²) in [6.07, 6.45) is 2.60. The molecule has 3 N–H and O–H groups in total. The van der Waals surface area contributed by atoms with Crippen LogP contribution >= 0.6 is 0 Å². The van der Waals surface area contributed by atoms with Gasteiger partial charge in [-0.05, 0) is 40.5 Å². The Morgan fingerprint density at radius 2 is 1.49 bits per heavy atom. The first-order valence-corrected chi connectivity index (χ1v) is 12.3. The third-order valence-corrected chi connectivity index (χ3v) is 6.35. The van der Waals surface area contributed by atoms with Gasteiger partial charge in [0.15, 0.2) is 0 Å². The average molecular weight is 481 g/mol. The molecule has 0 radical (unpaired) electrons. The number of hydrogen-bond donors (Lipinski definition) is 3. The molecule has 2 aromatic rings. The van der Waals surface area contributed by atoms with Crippen LogP contribution in [0, 0.1) is 5.41 Å². The Morgan fingerprint density at radius 1 is 0.914 bits per heavy atom. The second-order valence-electron chi connectivity index (χ2n) is 10.1. The van der Waals surface area contributed by atoms with Gasteiger partial charge in [0, 0.05) is 18.9 Å². The van der Waals surface area contributed by atoms with Crippen LogP contribution in [0.15, 0.2) is 48.5 Å². The summed E-state index contributed by atoms with van der Waals surface area (Å²) >= 11 is 0. The predicted octanol–water partition coefficient (Wildman–Crippen LogP) is 5.09. The molecule has 0 bridgehead atoms. The van der Waals surface area contributed by atoms with Crippen molar-refractivity contribution in [2.24, 2.45) is 5.41 Å². The second kappa shape index (κ2) is 11.9. The fourth-order valence-electron chi connectivity index (χ4n) is 4.50. The van der Waals surface area contributed by atoms with Gasteiger partial charge >= 0.3 is 12.1 Å². The van der Waals surface area contributed by atoms with E-state index in [2.05, 4.69) is 34.9 Å². The molecule has 1 aliphatic carbocycles. The number of rotatable bonds is 11. The van der Waals surface area contributed by atoms with Gasteiger partial charge in [0.1, 0.15) is 12.6 Å². The van der Waals surface area contributed by atoms with E-state index in [1.54, 1.807) is 0 Å². The van der Waals surface area contributed by atoms with Gasteiger partial charge in [-0.1, -0.05) is 82.1 Å². The van der Waals surface area contributed by atoms with Crippen LogP contribution in [-0.4, -0.2) is 42.3 Å². The average Bonchev–Trinajstić information content (AvgIpc) is 3.13. The maximum Gasteiger partial charge on any atom is 0.407 e. The molecule has 1 aliphatic rings. The molecule has 7 nitrogen and oxygen atoms in total. The van der Waals surface area contributed by atoms with Gasteiger partial charge in [-0.2, -0.15) is 0 Å². The highest BCUT2D eigenvalue weighted by molar-refractivity contribution is 5.86. The Bertz CT molecular complexity index is 998. The number of carboxylic acid groups (broad SMARTS) is 1. The summed E-state index contributed by atoms with van der Waals surface area (Å²) in [6.45, 7) is 6.35. The standard InChI is InChI=1S/C28H36N2O5/c1-28(2,3)25(26(33)29-17-11-5-4-6-16-24(31)32)30-27(34)35-18-23-21-14-9-7-12-19(21)20-13-8-10-15-22(20)23/h7-10,12-15,23,25H,4-6,11,16-18H2,1-3H3,(H,29,33)(H,30,34)(H,31,32)/t25-/m0/s1. The topological polar surface area (TPSA) is 105 Å². The summed E-state index contributed by atoms with van der Waals surface area (Å²) < 4.78 is 5.63. The molecule has 7 heteroatoms. The van der Waals surface area contributed by atoms with Crippen molar-refractivity contribution in [1.29, 1.82) is 0 Å². The molecule has 188 valence electrons. The number of aliphatic carboxylic acids is 1. The van der Waals surface area contributed by atoms with Gasteiger partial charge in [-0.15, -0.1) is 0 Å². The maximum absolute atomic E-state index is 12.8. The van der Waals surface area contributed by atoms with Crippen LogP contribution in [-0.2, 0) is 14.3 Å². The minimum atomic E-state index is -0.786. The number of ether oxygens (including phenoxy) is 1. The first kappa shape index (κ1) is 26.3. The summed E-state index contributed by atoms with van der Waals surface area (Å²) in [5.41, 5.74) is 4.08. The quantitative estimate of drug-likeness (QED) is 0.389. The highest BCUT2D eigenvalue weighted by Gasteiger charge is 2.34.